The number of amides is 1. The van der Waals surface area contributed by atoms with Crippen LogP contribution in [-0.4, -0.2) is 50.2 Å². The molecule has 1 aromatic heterocycles. The number of hydrogen-bond acceptors (Lipinski definition) is 5. The summed E-state index contributed by atoms with van der Waals surface area (Å²) in [5.41, 5.74) is 0.129. The second kappa shape index (κ2) is 7.50. The number of aromatic nitrogens is 3. The first-order valence-corrected chi connectivity index (χ1v) is 10.5. The van der Waals surface area contributed by atoms with E-state index in [0.717, 1.165) is 24.2 Å². The summed E-state index contributed by atoms with van der Waals surface area (Å²) in [5.74, 6) is -0.956. The van der Waals surface area contributed by atoms with Crippen molar-refractivity contribution in [3.05, 3.63) is 41.7 Å². The van der Waals surface area contributed by atoms with E-state index in [1.165, 1.54) is 6.42 Å². The molecule has 8 nitrogen and oxygen atoms in total. The highest BCUT2D eigenvalue weighted by atomic mass is 16.5. The van der Waals surface area contributed by atoms with Crippen LogP contribution in [-0.2, 0) is 9.53 Å². The predicted molar refractivity (Wildman–Crippen MR) is 110 cm³/mol. The zero-order valence-corrected chi connectivity index (χ0v) is 17.6. The summed E-state index contributed by atoms with van der Waals surface area (Å²) in [4.78, 5) is 24.9. The molecule has 0 bridgehead atoms. The van der Waals surface area contributed by atoms with Gasteiger partial charge in [-0.15, -0.1) is 5.10 Å². The summed E-state index contributed by atoms with van der Waals surface area (Å²) in [5, 5.41) is 21.1. The van der Waals surface area contributed by atoms with Crippen molar-refractivity contribution in [2.45, 2.75) is 64.0 Å². The van der Waals surface area contributed by atoms with Gasteiger partial charge < -0.3 is 15.2 Å². The minimum Gasteiger partial charge on any atom is -0.479 e. The molecule has 8 heteroatoms. The number of benzene rings is 1. The van der Waals surface area contributed by atoms with Gasteiger partial charge in [0.05, 0.1) is 23.7 Å². The third-order valence-corrected chi connectivity index (χ3v) is 6.88. The molecule has 0 saturated heterocycles. The molecule has 1 heterocycles. The zero-order valence-electron chi connectivity index (χ0n) is 17.6. The van der Waals surface area contributed by atoms with E-state index in [-0.39, 0.29) is 12.5 Å². The van der Waals surface area contributed by atoms with E-state index < -0.39 is 22.8 Å². The van der Waals surface area contributed by atoms with Gasteiger partial charge in [0.15, 0.2) is 0 Å². The molecule has 0 aliphatic heterocycles. The van der Waals surface area contributed by atoms with Gasteiger partial charge in [0.2, 0.25) is 0 Å². The summed E-state index contributed by atoms with van der Waals surface area (Å²) in [7, 11) is 0. The lowest BCUT2D eigenvalue weighted by Gasteiger charge is -2.58. The third kappa shape index (κ3) is 3.19. The number of hydrogen-bond donors (Lipinski definition) is 2. The molecule has 160 valence electrons. The fourth-order valence-electron chi connectivity index (χ4n) is 4.36. The van der Waals surface area contributed by atoms with Crippen LogP contribution in [0.15, 0.2) is 30.5 Å². The molecule has 0 spiro atoms. The number of aliphatic carboxylic acids is 1. The molecule has 2 aliphatic carbocycles. The summed E-state index contributed by atoms with van der Waals surface area (Å²) in [6.07, 6.45) is 5.52. The van der Waals surface area contributed by atoms with Crippen LogP contribution in [0.4, 0.5) is 0 Å². The van der Waals surface area contributed by atoms with E-state index in [2.05, 4.69) is 15.6 Å². The number of carbonyl (C=O) groups excluding carboxylic acids is 1. The summed E-state index contributed by atoms with van der Waals surface area (Å²) >= 11 is 0. The van der Waals surface area contributed by atoms with Gasteiger partial charge in [-0.1, -0.05) is 25.5 Å². The molecule has 0 radical (unpaired) electrons. The van der Waals surface area contributed by atoms with Crippen molar-refractivity contribution in [1.82, 2.24) is 20.3 Å². The molecular weight excluding hydrogens is 384 g/mol. The Hall–Kier alpha value is -2.74. The smallest absolute Gasteiger partial charge is 0.330 e. The number of carboxylic acids is 1. The van der Waals surface area contributed by atoms with E-state index in [1.807, 2.05) is 27.0 Å². The summed E-state index contributed by atoms with van der Waals surface area (Å²) in [6.45, 7) is 6.02. The topological polar surface area (TPSA) is 106 Å². The molecule has 2 atom stereocenters. The Labute approximate surface area is 175 Å². The number of rotatable bonds is 7. The number of carboxylic acid groups (broad SMARTS) is 1. The fraction of sp³-hybridized carbons (Fsp3) is 0.545. The first-order chi connectivity index (χ1) is 14.3. The Kier molecular flexibility index (Phi) is 5.13. The SMILES string of the molecule is CCO[C@@H]1C[C@@](NC(=O)c2ccc(-n3cc(C4CCC4)nn3)cc2)(C(=O)O)C1(C)C. The molecule has 0 unspecified atom stereocenters. The molecule has 4 rings (SSSR count). The van der Waals surface area contributed by atoms with Gasteiger partial charge >= 0.3 is 5.97 Å². The van der Waals surface area contributed by atoms with Gasteiger partial charge in [-0.05, 0) is 44.0 Å². The summed E-state index contributed by atoms with van der Waals surface area (Å²) < 4.78 is 7.36. The minimum absolute atomic E-state index is 0.210. The molecule has 2 aliphatic rings. The normalized spacial score (nSPS) is 25.2. The maximum Gasteiger partial charge on any atom is 0.330 e. The highest BCUT2D eigenvalue weighted by Crippen LogP contribution is 2.51. The Balaban J connectivity index is 1.48. The predicted octanol–water partition coefficient (Wildman–Crippen LogP) is 2.92. The number of ether oxygens (including phenoxy) is 1. The van der Waals surface area contributed by atoms with Crippen molar-refractivity contribution in [1.29, 1.82) is 0 Å². The van der Waals surface area contributed by atoms with Crippen LogP contribution in [0, 0.1) is 5.41 Å². The summed E-state index contributed by atoms with van der Waals surface area (Å²) in [6, 6.07) is 6.93. The highest BCUT2D eigenvalue weighted by molar-refractivity contribution is 5.98. The third-order valence-electron chi connectivity index (χ3n) is 6.88. The van der Waals surface area contributed by atoms with Crippen LogP contribution in [0.5, 0.6) is 0 Å². The van der Waals surface area contributed by atoms with Crippen LogP contribution in [0.1, 0.15) is 68.4 Å². The average molecular weight is 412 g/mol. The second-order valence-corrected chi connectivity index (χ2v) is 8.80. The molecule has 2 fully saturated rings. The minimum atomic E-state index is -1.35. The van der Waals surface area contributed by atoms with Crippen LogP contribution < -0.4 is 5.32 Å². The zero-order chi connectivity index (χ0) is 21.5. The van der Waals surface area contributed by atoms with Crippen molar-refractivity contribution in [3.8, 4) is 5.69 Å². The fourth-order valence-corrected chi connectivity index (χ4v) is 4.36. The first-order valence-electron chi connectivity index (χ1n) is 10.5. The first kappa shape index (κ1) is 20.5. The lowest BCUT2D eigenvalue weighted by molar-refractivity contribution is -0.190. The lowest BCUT2D eigenvalue weighted by atomic mass is 9.54. The van der Waals surface area contributed by atoms with Gasteiger partial charge in [-0.3, -0.25) is 4.79 Å². The van der Waals surface area contributed by atoms with E-state index in [1.54, 1.807) is 28.9 Å². The number of nitrogens with zero attached hydrogens (tertiary/aromatic N) is 3. The van der Waals surface area contributed by atoms with Crippen LogP contribution in [0.25, 0.3) is 5.69 Å². The van der Waals surface area contributed by atoms with Gasteiger partial charge in [0.25, 0.3) is 5.91 Å². The van der Waals surface area contributed by atoms with Gasteiger partial charge in [0.1, 0.15) is 5.54 Å². The molecule has 2 saturated carbocycles. The molecule has 1 aromatic carbocycles. The Morgan fingerprint density at radius 2 is 1.97 bits per heavy atom. The van der Waals surface area contributed by atoms with Crippen LogP contribution in [0.2, 0.25) is 0 Å². The molecule has 2 N–H and O–H groups in total. The maximum atomic E-state index is 12.8. The molecule has 30 heavy (non-hydrogen) atoms. The van der Waals surface area contributed by atoms with Crippen molar-refractivity contribution >= 4 is 11.9 Å². The van der Waals surface area contributed by atoms with E-state index in [4.69, 9.17) is 4.74 Å². The second-order valence-electron chi connectivity index (χ2n) is 8.80. The van der Waals surface area contributed by atoms with E-state index >= 15 is 0 Å². The van der Waals surface area contributed by atoms with Gasteiger partial charge in [-0.25, -0.2) is 9.48 Å². The standard InChI is InChI=1S/C22H28N4O4/c1-4-30-18-12-22(20(28)29,21(18,2)3)23-19(27)15-8-10-16(11-9-15)26-13-17(24-25-26)14-6-5-7-14/h8-11,13-14,18H,4-7,12H2,1-3H3,(H,23,27)(H,28,29)/t18-,22-/m1/s1. The molecule has 2 aromatic rings. The average Bonchev–Trinajstić information content (AvgIpc) is 3.14. The van der Waals surface area contributed by atoms with Crippen LogP contribution in [0.3, 0.4) is 0 Å². The largest absolute Gasteiger partial charge is 0.479 e. The van der Waals surface area contributed by atoms with E-state index in [9.17, 15) is 14.7 Å². The molecular formula is C22H28N4O4. The van der Waals surface area contributed by atoms with Gasteiger partial charge in [0, 0.05) is 29.9 Å². The Morgan fingerprint density at radius 3 is 2.50 bits per heavy atom. The van der Waals surface area contributed by atoms with Crippen molar-refractivity contribution in [2.24, 2.45) is 5.41 Å². The van der Waals surface area contributed by atoms with Crippen molar-refractivity contribution in [2.75, 3.05) is 6.61 Å². The van der Waals surface area contributed by atoms with E-state index in [0.29, 0.717) is 18.1 Å². The highest BCUT2D eigenvalue weighted by Gasteiger charge is 2.66. The lowest BCUT2D eigenvalue weighted by Crippen LogP contribution is -2.76. The van der Waals surface area contributed by atoms with Crippen LogP contribution >= 0.6 is 0 Å². The number of nitrogens with one attached hydrogen (secondary N) is 1. The Bertz CT molecular complexity index is 948. The van der Waals surface area contributed by atoms with Crippen molar-refractivity contribution < 1.29 is 19.4 Å². The quantitative estimate of drug-likeness (QED) is 0.724. The number of carbonyl (C=O) groups is 2. The van der Waals surface area contributed by atoms with Crippen molar-refractivity contribution in [3.63, 3.8) is 0 Å². The van der Waals surface area contributed by atoms with Gasteiger partial charge in [-0.2, -0.15) is 0 Å². The molecule has 1 amide bonds. The Morgan fingerprint density at radius 1 is 1.27 bits per heavy atom. The monoisotopic (exact) mass is 412 g/mol. The maximum absolute atomic E-state index is 12.8.